The number of amides is 1. The van der Waals surface area contributed by atoms with E-state index in [2.05, 4.69) is 39.9 Å². The van der Waals surface area contributed by atoms with E-state index in [1.54, 1.807) is 18.4 Å². The number of carbonyl (C=O) groups is 1. The summed E-state index contributed by atoms with van der Waals surface area (Å²) in [5.74, 6) is 0.485. The molecule has 2 N–H and O–H groups in total. The molecule has 1 saturated heterocycles. The molecule has 1 fully saturated rings. The van der Waals surface area contributed by atoms with Crippen LogP contribution >= 0.6 is 24.0 Å². The molecule has 0 aromatic heterocycles. The first-order chi connectivity index (χ1) is 14.2. The smallest absolute Gasteiger partial charge is 0.243 e. The van der Waals surface area contributed by atoms with Crippen LogP contribution in [0.4, 0.5) is 0 Å². The topological polar surface area (TPSA) is 94.1 Å². The van der Waals surface area contributed by atoms with Crippen LogP contribution in [-0.4, -0.2) is 81.6 Å². The molecule has 174 valence electrons. The molecule has 0 bridgehead atoms. The zero-order valence-corrected chi connectivity index (χ0v) is 21.7. The number of aryl methyl sites for hydroxylation is 1. The number of nitrogens with zero attached hydrogens (tertiary/aromatic N) is 3. The van der Waals surface area contributed by atoms with Crippen LogP contribution in [0.5, 0.6) is 0 Å². The zero-order valence-electron chi connectivity index (χ0n) is 18.5. The summed E-state index contributed by atoms with van der Waals surface area (Å²) in [6, 6.07) is 8.59. The van der Waals surface area contributed by atoms with Gasteiger partial charge >= 0.3 is 0 Å². The van der Waals surface area contributed by atoms with Crippen molar-refractivity contribution in [2.45, 2.75) is 44.2 Å². The summed E-state index contributed by atoms with van der Waals surface area (Å²) in [5, 5.41) is 6.76. The fourth-order valence-corrected chi connectivity index (χ4v) is 5.30. The van der Waals surface area contributed by atoms with E-state index in [9.17, 15) is 13.2 Å². The number of guanidine groups is 1. The number of aliphatic imine (C=N–C) groups is 1. The summed E-state index contributed by atoms with van der Waals surface area (Å²) >= 11 is 0. The van der Waals surface area contributed by atoms with Crippen molar-refractivity contribution >= 4 is 45.9 Å². The number of nitrogens with one attached hydrogen (secondary N) is 2. The van der Waals surface area contributed by atoms with Gasteiger partial charge < -0.3 is 15.5 Å². The maximum absolute atomic E-state index is 12.0. The molecule has 31 heavy (non-hydrogen) atoms. The average molecular weight is 564 g/mol. The van der Waals surface area contributed by atoms with Crippen molar-refractivity contribution in [2.75, 3.05) is 40.0 Å². The molecule has 8 nitrogen and oxygen atoms in total. The second-order valence-corrected chi connectivity index (χ2v) is 10.3. The first-order valence-corrected chi connectivity index (χ1v) is 12.4. The van der Waals surface area contributed by atoms with Crippen molar-refractivity contribution in [3.63, 3.8) is 0 Å². The van der Waals surface area contributed by atoms with Crippen molar-refractivity contribution in [2.24, 2.45) is 4.99 Å². The van der Waals surface area contributed by atoms with E-state index in [0.29, 0.717) is 19.0 Å². The summed E-state index contributed by atoms with van der Waals surface area (Å²) in [6.07, 6.45) is 5.82. The molecule has 2 aliphatic rings. The summed E-state index contributed by atoms with van der Waals surface area (Å²) in [4.78, 5) is 18.0. The maximum Gasteiger partial charge on any atom is 0.243 e. The lowest BCUT2D eigenvalue weighted by molar-refractivity contribution is -0.127. The Morgan fingerprint density at radius 3 is 2.61 bits per heavy atom. The van der Waals surface area contributed by atoms with Gasteiger partial charge in [-0.1, -0.05) is 24.3 Å². The number of sulfonamides is 1. The molecule has 1 heterocycles. The van der Waals surface area contributed by atoms with Gasteiger partial charge in [-0.25, -0.2) is 13.4 Å². The van der Waals surface area contributed by atoms with Crippen LogP contribution in [0.3, 0.4) is 0 Å². The van der Waals surface area contributed by atoms with Crippen LogP contribution in [0.2, 0.25) is 0 Å². The Morgan fingerprint density at radius 2 is 1.94 bits per heavy atom. The number of rotatable bonds is 6. The van der Waals surface area contributed by atoms with Crippen molar-refractivity contribution < 1.29 is 13.2 Å². The molecule has 1 aromatic carbocycles. The summed E-state index contributed by atoms with van der Waals surface area (Å²) < 4.78 is 25.6. The molecule has 0 saturated carbocycles. The SMILES string of the molecule is CN(C)C(=O)CN=C(NC[C@H]1CCCN1S(C)(=O)=O)NC1CCc2ccccc2C1.I. The molecular weight excluding hydrogens is 529 g/mol. The minimum atomic E-state index is -3.22. The first kappa shape index (κ1) is 25.9. The van der Waals surface area contributed by atoms with Gasteiger partial charge in [-0.2, -0.15) is 4.31 Å². The number of fused-ring (bicyclic) bond motifs is 1. The molecule has 3 rings (SSSR count). The number of likely N-dealkylation sites (N-methyl/N-ethyl adjacent to an activating group) is 1. The minimum Gasteiger partial charge on any atom is -0.355 e. The van der Waals surface area contributed by atoms with Crippen LogP contribution in [-0.2, 0) is 27.7 Å². The monoisotopic (exact) mass is 563 g/mol. The van der Waals surface area contributed by atoms with Crippen LogP contribution in [0.25, 0.3) is 0 Å². The van der Waals surface area contributed by atoms with Crippen LogP contribution < -0.4 is 10.6 Å². The number of halogens is 1. The second kappa shape index (κ2) is 11.5. The molecule has 0 spiro atoms. The molecule has 0 radical (unpaired) electrons. The van der Waals surface area contributed by atoms with E-state index in [0.717, 1.165) is 32.1 Å². The fraction of sp³-hybridized carbons (Fsp3) is 0.619. The quantitative estimate of drug-likeness (QED) is 0.309. The average Bonchev–Trinajstić information content (AvgIpc) is 3.18. The van der Waals surface area contributed by atoms with Gasteiger partial charge in [0.2, 0.25) is 15.9 Å². The highest BCUT2D eigenvalue weighted by Gasteiger charge is 2.31. The van der Waals surface area contributed by atoms with E-state index < -0.39 is 10.0 Å². The van der Waals surface area contributed by atoms with Crippen molar-refractivity contribution in [1.82, 2.24) is 19.8 Å². The van der Waals surface area contributed by atoms with E-state index in [4.69, 9.17) is 0 Å². The molecule has 10 heteroatoms. The highest BCUT2D eigenvalue weighted by molar-refractivity contribution is 14.0. The molecule has 1 unspecified atom stereocenters. The number of hydrogen-bond acceptors (Lipinski definition) is 4. The number of carbonyl (C=O) groups excluding carboxylic acids is 1. The fourth-order valence-electron chi connectivity index (χ4n) is 4.12. The normalized spacial score (nSPS) is 21.7. The van der Waals surface area contributed by atoms with Crippen molar-refractivity contribution in [3.05, 3.63) is 35.4 Å². The van der Waals surface area contributed by atoms with Gasteiger partial charge in [0.05, 0.1) is 6.26 Å². The van der Waals surface area contributed by atoms with Crippen LogP contribution in [0, 0.1) is 0 Å². The molecule has 1 aromatic rings. The summed E-state index contributed by atoms with van der Waals surface area (Å²) in [7, 11) is 0.190. The highest BCUT2D eigenvalue weighted by atomic mass is 127. The van der Waals surface area contributed by atoms with Crippen LogP contribution in [0.15, 0.2) is 29.3 Å². The highest BCUT2D eigenvalue weighted by Crippen LogP contribution is 2.21. The van der Waals surface area contributed by atoms with E-state index >= 15 is 0 Å². The summed E-state index contributed by atoms with van der Waals surface area (Å²) in [6.45, 7) is 1.08. The van der Waals surface area contributed by atoms with Gasteiger partial charge in [-0.3, -0.25) is 4.79 Å². The van der Waals surface area contributed by atoms with Gasteiger partial charge in [0.15, 0.2) is 5.96 Å². The van der Waals surface area contributed by atoms with E-state index in [1.807, 2.05) is 0 Å². The lowest BCUT2D eigenvalue weighted by Gasteiger charge is -2.28. The Balaban J connectivity index is 0.00000341. The lowest BCUT2D eigenvalue weighted by atomic mass is 9.88. The standard InChI is InChI=1S/C21H33N5O3S.HI/c1-25(2)20(27)15-23-21(22-14-19-9-6-12-26(19)30(3,28)29)24-18-11-10-16-7-4-5-8-17(16)13-18;/h4-5,7-8,18-19H,6,9-15H2,1-3H3,(H2,22,23,24);1H/t18?,19-;/m1./s1. The third-order valence-electron chi connectivity index (χ3n) is 5.81. The predicted octanol–water partition coefficient (Wildman–Crippen LogP) is 1.21. The maximum atomic E-state index is 12.0. The number of hydrogen-bond donors (Lipinski definition) is 2. The first-order valence-electron chi connectivity index (χ1n) is 10.5. The predicted molar refractivity (Wildman–Crippen MR) is 134 cm³/mol. The Hall–Kier alpha value is -1.40. The Bertz CT molecular complexity index is 891. The largest absolute Gasteiger partial charge is 0.355 e. The van der Waals surface area contributed by atoms with E-state index in [1.165, 1.54) is 22.3 Å². The number of benzene rings is 1. The Kier molecular flexibility index (Phi) is 9.56. The third-order valence-corrected chi connectivity index (χ3v) is 7.15. The van der Waals surface area contributed by atoms with Crippen LogP contribution in [0.1, 0.15) is 30.4 Å². The van der Waals surface area contributed by atoms with Crippen molar-refractivity contribution in [3.8, 4) is 0 Å². The van der Waals surface area contributed by atoms with Gasteiger partial charge in [0, 0.05) is 39.3 Å². The molecule has 1 aliphatic heterocycles. The lowest BCUT2D eigenvalue weighted by Crippen LogP contribution is -2.50. The second-order valence-electron chi connectivity index (χ2n) is 8.36. The summed E-state index contributed by atoms with van der Waals surface area (Å²) in [5.41, 5.74) is 2.73. The molecular formula is C21H34IN5O3S. The third kappa shape index (κ3) is 7.31. The Morgan fingerprint density at radius 1 is 1.23 bits per heavy atom. The van der Waals surface area contributed by atoms with E-state index in [-0.39, 0.29) is 48.5 Å². The Labute approximate surface area is 202 Å². The minimum absolute atomic E-state index is 0. The van der Waals surface area contributed by atoms with Gasteiger partial charge in [-0.05, 0) is 43.2 Å². The van der Waals surface area contributed by atoms with Gasteiger partial charge in [0.25, 0.3) is 0 Å². The molecule has 1 amide bonds. The molecule has 1 aliphatic carbocycles. The molecule has 2 atom stereocenters. The van der Waals surface area contributed by atoms with Gasteiger partial charge in [-0.15, -0.1) is 24.0 Å². The van der Waals surface area contributed by atoms with Gasteiger partial charge in [0.1, 0.15) is 6.54 Å². The zero-order chi connectivity index (χ0) is 21.7. The van der Waals surface area contributed by atoms with Crippen molar-refractivity contribution in [1.29, 1.82) is 0 Å².